The molecule has 0 spiro atoms. The van der Waals surface area contributed by atoms with Gasteiger partial charge in [0.05, 0.1) is 10.9 Å². The molecule has 2 aromatic rings. The molecule has 0 bridgehead atoms. The van der Waals surface area contributed by atoms with Crippen molar-refractivity contribution in [1.29, 1.82) is 0 Å². The normalized spacial score (nSPS) is 24.5. The van der Waals surface area contributed by atoms with E-state index in [1.807, 2.05) is 31.2 Å². The molecule has 2 aliphatic heterocycles. The van der Waals surface area contributed by atoms with Crippen LogP contribution in [0.25, 0.3) is 0 Å². The van der Waals surface area contributed by atoms with Gasteiger partial charge in [-0.2, -0.15) is 0 Å². The first kappa shape index (κ1) is 17.0. The number of likely N-dealkylation sites (tertiary alicyclic amines) is 1. The van der Waals surface area contributed by atoms with Crippen LogP contribution in [0.4, 0.5) is 0 Å². The summed E-state index contributed by atoms with van der Waals surface area (Å²) >= 11 is 2.18. The Morgan fingerprint density at radius 3 is 2.65 bits per heavy atom. The molecule has 1 aromatic carbocycles. The highest BCUT2D eigenvalue weighted by molar-refractivity contribution is 8.00. The lowest BCUT2D eigenvalue weighted by atomic mass is 9.81. The van der Waals surface area contributed by atoms with E-state index in [0.717, 1.165) is 44.0 Å². The summed E-state index contributed by atoms with van der Waals surface area (Å²) in [4.78, 5) is 52.7. The Hall–Kier alpha value is -2.39. The van der Waals surface area contributed by atoms with E-state index in [4.69, 9.17) is 5.11 Å². The largest absolute Gasteiger partial charge is 0.480 e. The fourth-order valence-corrected chi connectivity index (χ4v) is 6.16. The molecule has 2 aliphatic rings. The van der Waals surface area contributed by atoms with Crippen LogP contribution in [0.1, 0.15) is 21.9 Å². The van der Waals surface area contributed by atoms with Gasteiger partial charge in [0.2, 0.25) is 11.8 Å². The fourth-order valence-electron chi connectivity index (χ4n) is 3.64. The third kappa shape index (κ3) is 2.50. The lowest BCUT2D eigenvalue weighted by molar-refractivity contribution is -0.149. The molecule has 1 saturated heterocycles. The number of fused-ring (bicyclic) bond motifs is 2. The second-order valence-corrected chi connectivity index (χ2v) is 8.43. The quantitative estimate of drug-likeness (QED) is 0.768. The molecule has 7 nitrogen and oxygen atoms in total. The molecule has 9 heteroatoms. The molecule has 2 N–H and O–H groups in total. The van der Waals surface area contributed by atoms with Crippen molar-refractivity contribution in [3.05, 3.63) is 49.9 Å². The summed E-state index contributed by atoms with van der Waals surface area (Å²) in [6.07, 6.45) is 0. The number of nitrogens with zero attached hydrogens (tertiary/aromatic N) is 1. The highest BCUT2D eigenvalue weighted by Gasteiger charge is 2.56. The molecule has 26 heavy (non-hydrogen) atoms. The molecule has 0 radical (unpaired) electrons. The highest BCUT2D eigenvalue weighted by atomic mass is 32.2. The maximum absolute atomic E-state index is 12.9. The van der Waals surface area contributed by atoms with Gasteiger partial charge in [0.25, 0.3) is 0 Å². The Balaban J connectivity index is 1.88. The molecule has 2 unspecified atom stereocenters. The molecular formula is C17H14N2O5S2. The van der Waals surface area contributed by atoms with E-state index in [1.54, 1.807) is 0 Å². The highest BCUT2D eigenvalue weighted by Crippen LogP contribution is 2.52. The lowest BCUT2D eigenvalue weighted by Gasteiger charge is -2.30. The zero-order chi connectivity index (χ0) is 18.6. The number of aromatic nitrogens is 1. The van der Waals surface area contributed by atoms with Crippen molar-refractivity contribution in [3.63, 3.8) is 0 Å². The average Bonchev–Trinajstić information content (AvgIpc) is 3.06. The van der Waals surface area contributed by atoms with Crippen molar-refractivity contribution in [2.75, 3.05) is 6.54 Å². The predicted molar refractivity (Wildman–Crippen MR) is 95.5 cm³/mol. The summed E-state index contributed by atoms with van der Waals surface area (Å²) in [5, 5.41) is 8.90. The molecule has 134 valence electrons. The van der Waals surface area contributed by atoms with Gasteiger partial charge in [-0.05, 0) is 18.1 Å². The van der Waals surface area contributed by atoms with Gasteiger partial charge in [-0.25, -0.2) is 0 Å². The third-order valence-corrected chi connectivity index (χ3v) is 7.13. The standard InChI is InChI=1S/C17H14N2O5S2/c1-7-4-2-3-5-8(7)10-11-13(25-14-12(10)26-17(24)18-14)16(23)19(15(11)22)6-9(20)21/h2-5,10-11,13H,6H2,1H3,(H,18,24)(H,20,21)/t10-,11?,13?/m0/s1. The van der Waals surface area contributed by atoms with Gasteiger partial charge in [0.15, 0.2) is 0 Å². The maximum atomic E-state index is 12.9. The zero-order valence-corrected chi connectivity index (χ0v) is 15.2. The van der Waals surface area contributed by atoms with Crippen LogP contribution in [-0.2, 0) is 14.4 Å². The van der Waals surface area contributed by atoms with Crippen LogP contribution in [0.15, 0.2) is 34.1 Å². The smallest absolute Gasteiger partial charge is 0.323 e. The summed E-state index contributed by atoms with van der Waals surface area (Å²) in [5.41, 5.74) is 1.82. The summed E-state index contributed by atoms with van der Waals surface area (Å²) in [6, 6.07) is 7.54. The Bertz CT molecular complexity index is 995. The molecule has 1 fully saturated rings. The molecule has 3 heterocycles. The Kier molecular flexibility index (Phi) is 4.00. The SMILES string of the molecule is Cc1ccccc1[C@@H]1c2sc(=O)[nH]c2SC2C(=O)N(CC(=O)O)C(=O)C21. The second-order valence-electron chi connectivity index (χ2n) is 6.26. The van der Waals surface area contributed by atoms with Crippen LogP contribution in [-0.4, -0.2) is 44.6 Å². The Labute approximate surface area is 156 Å². The summed E-state index contributed by atoms with van der Waals surface area (Å²) in [7, 11) is 0. The third-order valence-electron chi connectivity index (χ3n) is 4.73. The number of carboxylic acid groups (broad SMARTS) is 1. The number of aromatic amines is 1. The number of aryl methyl sites for hydroxylation is 1. The maximum Gasteiger partial charge on any atom is 0.323 e. The first-order chi connectivity index (χ1) is 12.4. The minimum Gasteiger partial charge on any atom is -0.480 e. The number of carboxylic acids is 1. The van der Waals surface area contributed by atoms with E-state index in [0.29, 0.717) is 5.03 Å². The van der Waals surface area contributed by atoms with Gasteiger partial charge < -0.3 is 10.1 Å². The van der Waals surface area contributed by atoms with E-state index in [2.05, 4.69) is 4.98 Å². The number of benzene rings is 1. The minimum absolute atomic E-state index is 0.233. The lowest BCUT2D eigenvalue weighted by Crippen LogP contribution is -2.36. The van der Waals surface area contributed by atoms with Crippen LogP contribution >= 0.6 is 23.1 Å². The van der Waals surface area contributed by atoms with Crippen molar-refractivity contribution < 1.29 is 19.5 Å². The van der Waals surface area contributed by atoms with E-state index in [9.17, 15) is 19.2 Å². The molecule has 4 rings (SSSR count). The number of hydrogen-bond acceptors (Lipinski definition) is 6. The number of thiazole rings is 1. The average molecular weight is 390 g/mol. The van der Waals surface area contributed by atoms with E-state index >= 15 is 0 Å². The summed E-state index contributed by atoms with van der Waals surface area (Å²) in [6.45, 7) is 1.27. The van der Waals surface area contributed by atoms with Crippen molar-refractivity contribution in [3.8, 4) is 0 Å². The number of imide groups is 1. The molecular weight excluding hydrogens is 376 g/mol. The van der Waals surface area contributed by atoms with Gasteiger partial charge in [0.1, 0.15) is 11.8 Å². The molecule has 3 atom stereocenters. The molecule has 2 amide bonds. The van der Waals surface area contributed by atoms with E-state index in [-0.39, 0.29) is 4.87 Å². The zero-order valence-electron chi connectivity index (χ0n) is 13.6. The van der Waals surface area contributed by atoms with Crippen LogP contribution in [0.5, 0.6) is 0 Å². The molecule has 0 aliphatic carbocycles. The van der Waals surface area contributed by atoms with Crippen LogP contribution in [0.2, 0.25) is 0 Å². The van der Waals surface area contributed by atoms with Crippen molar-refractivity contribution in [2.45, 2.75) is 23.1 Å². The van der Waals surface area contributed by atoms with Crippen LogP contribution < -0.4 is 4.87 Å². The summed E-state index contributed by atoms with van der Waals surface area (Å²) < 4.78 is 0. The molecule has 0 saturated carbocycles. The number of hydrogen-bond donors (Lipinski definition) is 2. The Morgan fingerprint density at radius 1 is 1.23 bits per heavy atom. The van der Waals surface area contributed by atoms with Crippen molar-refractivity contribution in [1.82, 2.24) is 9.88 Å². The first-order valence-corrected chi connectivity index (χ1v) is 9.60. The van der Waals surface area contributed by atoms with Crippen molar-refractivity contribution in [2.24, 2.45) is 5.92 Å². The van der Waals surface area contributed by atoms with Gasteiger partial charge in [-0.3, -0.25) is 24.1 Å². The monoisotopic (exact) mass is 390 g/mol. The van der Waals surface area contributed by atoms with Gasteiger partial charge in [-0.1, -0.05) is 47.4 Å². The van der Waals surface area contributed by atoms with Crippen LogP contribution in [0, 0.1) is 12.8 Å². The van der Waals surface area contributed by atoms with E-state index in [1.165, 1.54) is 0 Å². The van der Waals surface area contributed by atoms with Gasteiger partial charge >= 0.3 is 10.8 Å². The van der Waals surface area contributed by atoms with Crippen LogP contribution in [0.3, 0.4) is 0 Å². The number of H-pyrrole nitrogens is 1. The number of carbonyl (C=O) groups is 3. The molecule has 1 aromatic heterocycles. The number of aliphatic carboxylic acids is 1. The number of carbonyl (C=O) groups excluding carboxylic acids is 2. The Morgan fingerprint density at radius 2 is 1.96 bits per heavy atom. The minimum atomic E-state index is -1.23. The first-order valence-electron chi connectivity index (χ1n) is 7.90. The number of nitrogens with one attached hydrogen (secondary N) is 1. The number of rotatable bonds is 3. The van der Waals surface area contributed by atoms with Crippen molar-refractivity contribution >= 4 is 40.9 Å². The fraction of sp³-hybridized carbons (Fsp3) is 0.294. The summed E-state index contributed by atoms with van der Waals surface area (Å²) in [5.74, 6) is -3.40. The van der Waals surface area contributed by atoms with Gasteiger partial charge in [0, 0.05) is 10.8 Å². The topological polar surface area (TPSA) is 108 Å². The van der Waals surface area contributed by atoms with Gasteiger partial charge in [-0.15, -0.1) is 0 Å². The predicted octanol–water partition coefficient (Wildman–Crippen LogP) is 1.42. The number of thioether (sulfide) groups is 1. The number of amides is 2. The van der Waals surface area contributed by atoms with E-state index < -0.39 is 41.4 Å². The second kappa shape index (κ2) is 6.10.